The van der Waals surface area contributed by atoms with Gasteiger partial charge in [0.1, 0.15) is 22.7 Å². The summed E-state index contributed by atoms with van der Waals surface area (Å²) in [6, 6.07) is 16.0. The molecule has 0 fully saturated rings. The Balaban J connectivity index is 2.54. The van der Waals surface area contributed by atoms with Crippen LogP contribution in [0.2, 0.25) is 0 Å². The second-order valence-corrected chi connectivity index (χ2v) is 7.10. The second-order valence-electron chi connectivity index (χ2n) is 7.10. The van der Waals surface area contributed by atoms with Gasteiger partial charge in [-0.3, -0.25) is 0 Å². The molecule has 0 aliphatic carbocycles. The first-order valence-electron chi connectivity index (χ1n) is 9.69. The highest BCUT2D eigenvalue weighted by Gasteiger charge is 2.26. The first-order valence-corrected chi connectivity index (χ1v) is 9.69. The van der Waals surface area contributed by atoms with Crippen molar-refractivity contribution in [3.8, 4) is 0 Å². The summed E-state index contributed by atoms with van der Waals surface area (Å²) in [5.74, 6) is -0.633. The molecule has 0 spiro atoms. The average Bonchev–Trinajstić information content (AvgIpc) is 2.79. The molecule has 0 aliphatic heterocycles. The van der Waals surface area contributed by atoms with E-state index in [1.807, 2.05) is 30.3 Å². The predicted octanol–water partition coefficient (Wildman–Crippen LogP) is 5.35. The number of hydrogen-bond acceptors (Lipinski definition) is 8. The fourth-order valence-electron chi connectivity index (χ4n) is 3.79. The van der Waals surface area contributed by atoms with Crippen LogP contribution in [-0.2, 0) is 19.2 Å². The molecule has 33 heavy (non-hydrogen) atoms. The van der Waals surface area contributed by atoms with Crippen molar-refractivity contribution in [2.24, 2.45) is 20.0 Å². The van der Waals surface area contributed by atoms with Gasteiger partial charge in [-0.15, -0.1) is 0 Å². The van der Waals surface area contributed by atoms with Gasteiger partial charge in [0.2, 0.25) is 24.3 Å². The lowest BCUT2D eigenvalue weighted by molar-refractivity contribution is 0.564. The Morgan fingerprint density at radius 1 is 0.606 bits per heavy atom. The van der Waals surface area contributed by atoms with E-state index >= 15 is 0 Å². The normalized spacial score (nSPS) is 10.6. The van der Waals surface area contributed by atoms with E-state index in [0.29, 0.717) is 11.1 Å². The largest absolute Gasteiger partial charge is 0.240 e. The molecular weight excluding hydrogens is 420 g/mol. The van der Waals surface area contributed by atoms with Gasteiger partial charge in [-0.1, -0.05) is 42.5 Å². The van der Waals surface area contributed by atoms with Crippen LogP contribution in [0.1, 0.15) is 33.7 Å². The van der Waals surface area contributed by atoms with Crippen LogP contribution >= 0.6 is 0 Å². The summed E-state index contributed by atoms with van der Waals surface area (Å²) in [6.07, 6.45) is 5.99. The third kappa shape index (κ3) is 4.92. The minimum Gasteiger partial charge on any atom is -0.211 e. The van der Waals surface area contributed by atoms with Crippen molar-refractivity contribution in [1.82, 2.24) is 0 Å². The molecule has 0 bridgehead atoms. The molecule has 0 saturated heterocycles. The number of benzene rings is 3. The van der Waals surface area contributed by atoms with Crippen LogP contribution in [-0.4, -0.2) is 24.3 Å². The third-order valence-electron chi connectivity index (χ3n) is 4.93. The van der Waals surface area contributed by atoms with Gasteiger partial charge in [-0.2, -0.15) is 20.0 Å². The molecule has 8 nitrogen and oxygen atoms in total. The van der Waals surface area contributed by atoms with Crippen LogP contribution in [0.25, 0.3) is 0 Å². The van der Waals surface area contributed by atoms with E-state index in [9.17, 15) is 19.2 Å². The SMILES string of the molecule is Cc1cc(N=C=O)c(N=C=O)c(C(c2ccccc2)c2cc(C)cc(N=C=O)c2N=C=O)c1. The van der Waals surface area contributed by atoms with E-state index < -0.39 is 5.92 Å². The van der Waals surface area contributed by atoms with Gasteiger partial charge in [-0.25, -0.2) is 19.2 Å². The molecule has 3 aromatic rings. The van der Waals surface area contributed by atoms with E-state index in [2.05, 4.69) is 20.0 Å². The lowest BCUT2D eigenvalue weighted by Crippen LogP contribution is -2.06. The number of aryl methyl sites for hydroxylation is 2. The molecule has 0 unspecified atom stereocenters. The summed E-state index contributed by atoms with van der Waals surface area (Å²) in [5, 5.41) is 0. The van der Waals surface area contributed by atoms with E-state index in [-0.39, 0.29) is 22.7 Å². The Morgan fingerprint density at radius 2 is 1.03 bits per heavy atom. The molecule has 0 atom stereocenters. The Hall–Kier alpha value is -4.82. The topological polar surface area (TPSA) is 118 Å². The van der Waals surface area contributed by atoms with Crippen molar-refractivity contribution < 1.29 is 19.2 Å². The molecule has 0 heterocycles. The highest BCUT2D eigenvalue weighted by Crippen LogP contribution is 2.47. The van der Waals surface area contributed by atoms with Crippen LogP contribution < -0.4 is 0 Å². The molecule has 0 aromatic heterocycles. The zero-order chi connectivity index (χ0) is 23.8. The van der Waals surface area contributed by atoms with Crippen LogP contribution in [0.3, 0.4) is 0 Å². The summed E-state index contributed by atoms with van der Waals surface area (Å²) in [5.41, 5.74) is 3.78. The first-order chi connectivity index (χ1) is 16.0. The maximum absolute atomic E-state index is 11.3. The van der Waals surface area contributed by atoms with Gasteiger partial charge >= 0.3 is 0 Å². The van der Waals surface area contributed by atoms with Gasteiger partial charge in [0.25, 0.3) is 0 Å². The zero-order valence-corrected chi connectivity index (χ0v) is 17.7. The zero-order valence-electron chi connectivity index (χ0n) is 17.7. The summed E-state index contributed by atoms with van der Waals surface area (Å²) >= 11 is 0. The minimum absolute atomic E-state index is 0.121. The number of hydrogen-bond donors (Lipinski definition) is 0. The van der Waals surface area contributed by atoms with E-state index in [1.165, 1.54) is 24.3 Å². The molecule has 160 valence electrons. The summed E-state index contributed by atoms with van der Waals surface area (Å²) in [6.45, 7) is 3.60. The van der Waals surface area contributed by atoms with Gasteiger partial charge < -0.3 is 0 Å². The molecule has 0 aliphatic rings. The van der Waals surface area contributed by atoms with Crippen molar-refractivity contribution in [2.45, 2.75) is 19.8 Å². The number of isocyanates is 4. The summed E-state index contributed by atoms with van der Waals surface area (Å²) < 4.78 is 0. The number of carbonyl (C=O) groups excluding carboxylic acids is 4. The van der Waals surface area contributed by atoms with Crippen LogP contribution in [0, 0.1) is 13.8 Å². The highest BCUT2D eigenvalue weighted by molar-refractivity contribution is 5.79. The van der Waals surface area contributed by atoms with E-state index in [1.54, 1.807) is 38.1 Å². The third-order valence-corrected chi connectivity index (χ3v) is 4.93. The van der Waals surface area contributed by atoms with Crippen molar-refractivity contribution in [3.63, 3.8) is 0 Å². The quantitative estimate of drug-likeness (QED) is 0.282. The van der Waals surface area contributed by atoms with E-state index in [4.69, 9.17) is 0 Å². The van der Waals surface area contributed by atoms with Crippen LogP contribution in [0.15, 0.2) is 74.6 Å². The number of nitrogens with zero attached hydrogens (tertiary/aromatic N) is 4. The van der Waals surface area contributed by atoms with Crippen molar-refractivity contribution in [2.75, 3.05) is 0 Å². The Labute approximate surface area is 188 Å². The smallest absolute Gasteiger partial charge is 0.211 e. The van der Waals surface area contributed by atoms with Gasteiger partial charge in [0.05, 0.1) is 0 Å². The molecule has 0 saturated carbocycles. The minimum atomic E-state index is -0.633. The molecule has 8 heteroatoms. The molecule has 0 N–H and O–H groups in total. The molecule has 0 amide bonds. The summed E-state index contributed by atoms with van der Waals surface area (Å²) in [7, 11) is 0. The van der Waals surface area contributed by atoms with Crippen molar-refractivity contribution in [1.29, 1.82) is 0 Å². The lowest BCUT2D eigenvalue weighted by Gasteiger charge is -2.23. The molecule has 3 rings (SSSR count). The Bertz CT molecular complexity index is 1320. The Morgan fingerprint density at radius 3 is 1.42 bits per heavy atom. The Kier molecular flexibility index (Phi) is 7.25. The monoisotopic (exact) mass is 436 g/mol. The molecule has 3 aromatic carbocycles. The lowest BCUT2D eigenvalue weighted by atomic mass is 9.81. The van der Waals surface area contributed by atoms with Crippen molar-refractivity contribution >= 4 is 47.1 Å². The maximum Gasteiger partial charge on any atom is 0.240 e. The predicted molar refractivity (Wildman–Crippen MR) is 121 cm³/mol. The van der Waals surface area contributed by atoms with E-state index in [0.717, 1.165) is 16.7 Å². The molecule has 0 radical (unpaired) electrons. The van der Waals surface area contributed by atoms with Gasteiger partial charge in [0.15, 0.2) is 0 Å². The second kappa shape index (κ2) is 10.5. The number of rotatable bonds is 7. The maximum atomic E-state index is 11.3. The van der Waals surface area contributed by atoms with Crippen LogP contribution in [0.4, 0.5) is 22.7 Å². The fourth-order valence-corrected chi connectivity index (χ4v) is 3.79. The first kappa shape index (κ1) is 22.9. The van der Waals surface area contributed by atoms with Gasteiger partial charge in [0, 0.05) is 5.92 Å². The van der Waals surface area contributed by atoms with Gasteiger partial charge in [-0.05, 0) is 53.8 Å². The van der Waals surface area contributed by atoms with Crippen LogP contribution in [0.5, 0.6) is 0 Å². The summed E-state index contributed by atoms with van der Waals surface area (Å²) in [4.78, 5) is 59.6. The highest BCUT2D eigenvalue weighted by atomic mass is 16.1. The van der Waals surface area contributed by atoms with Crippen molar-refractivity contribution in [3.05, 3.63) is 82.4 Å². The average molecular weight is 436 g/mol. The fraction of sp³-hybridized carbons (Fsp3) is 0.120. The molecular formula is C25H16N4O4. The number of aliphatic imine (C=N–C) groups is 4. The standard InChI is InChI=1S/C25H16N4O4/c1-16-8-19(24(28-14-32)21(10-16)26-12-30)23(18-6-4-3-5-7-18)20-9-17(2)11-22(27-13-31)25(20)29-15-33/h3-11,23H,1-2H3.